The first kappa shape index (κ1) is 12.0. The van der Waals surface area contributed by atoms with Gasteiger partial charge in [0.1, 0.15) is 0 Å². The topological polar surface area (TPSA) is 12.4 Å². The summed E-state index contributed by atoms with van der Waals surface area (Å²) in [7, 11) is 0. The predicted octanol–water partition coefficient (Wildman–Crippen LogP) is 3.89. The molecule has 0 aromatic rings. The number of hydrogen-bond acceptors (Lipinski definition) is 1. The molecule has 0 aliphatic carbocycles. The molecular formula is C2Cl3F3NPS. The van der Waals surface area contributed by atoms with Crippen LogP contribution in [0.2, 0.25) is 0 Å². The standard InChI is InChI=1S/C2Cl3F3NPS/c3-1(2(6,7)8)9-10(4,5)11. The van der Waals surface area contributed by atoms with E-state index in [2.05, 4.69) is 28.2 Å². The van der Waals surface area contributed by atoms with E-state index < -0.39 is 16.2 Å². The van der Waals surface area contributed by atoms with Gasteiger partial charge in [-0.15, -0.1) is 0 Å². The van der Waals surface area contributed by atoms with E-state index in [1.54, 1.807) is 0 Å². The Labute approximate surface area is 80.2 Å². The van der Waals surface area contributed by atoms with Crippen LogP contribution >= 0.6 is 39.0 Å². The van der Waals surface area contributed by atoms with Crippen molar-refractivity contribution >= 4 is 56.0 Å². The van der Waals surface area contributed by atoms with E-state index in [1.165, 1.54) is 0 Å². The van der Waals surface area contributed by atoms with Crippen LogP contribution < -0.4 is 0 Å². The summed E-state index contributed by atoms with van der Waals surface area (Å²) in [6.07, 6.45) is -4.73. The monoisotopic (exact) mass is 263 g/mol. The van der Waals surface area contributed by atoms with E-state index in [0.29, 0.717) is 0 Å². The molecule has 0 aromatic carbocycles. The minimum Gasteiger partial charge on any atom is -0.206 e. The van der Waals surface area contributed by atoms with Crippen LogP contribution in [0.15, 0.2) is 4.76 Å². The zero-order valence-corrected chi connectivity index (χ0v) is 8.55. The Morgan fingerprint density at radius 1 is 1.36 bits per heavy atom. The molecule has 0 aliphatic heterocycles. The molecule has 9 heteroatoms. The van der Waals surface area contributed by atoms with Crippen molar-refractivity contribution in [3.8, 4) is 0 Å². The van der Waals surface area contributed by atoms with Crippen LogP contribution in [0.3, 0.4) is 0 Å². The summed E-state index contributed by atoms with van der Waals surface area (Å²) in [5, 5.41) is -1.62. The lowest BCUT2D eigenvalue weighted by atomic mass is 10.7. The molecule has 0 bridgehead atoms. The van der Waals surface area contributed by atoms with Crippen LogP contribution in [-0.4, -0.2) is 11.3 Å². The van der Waals surface area contributed by atoms with Crippen LogP contribution in [0, 0.1) is 0 Å². The van der Waals surface area contributed by atoms with Crippen molar-refractivity contribution in [2.45, 2.75) is 6.18 Å². The van der Waals surface area contributed by atoms with E-state index in [-0.39, 0.29) is 0 Å². The van der Waals surface area contributed by atoms with Crippen LogP contribution in [-0.2, 0) is 11.8 Å². The Hall–Kier alpha value is 0.980. The fourth-order valence-electron chi connectivity index (χ4n) is 0.159. The molecule has 0 N–H and O–H groups in total. The van der Waals surface area contributed by atoms with Gasteiger partial charge in [0.2, 0.25) is 10.1 Å². The average Bonchev–Trinajstić information content (AvgIpc) is 1.56. The summed E-state index contributed by atoms with van der Waals surface area (Å²) in [6, 6.07) is 0. The van der Waals surface area contributed by atoms with Gasteiger partial charge in [-0.1, -0.05) is 11.6 Å². The summed E-state index contributed by atoms with van der Waals surface area (Å²) < 4.78 is 37.4. The minimum absolute atomic E-state index is 1.62. The lowest BCUT2D eigenvalue weighted by Crippen LogP contribution is -2.16. The van der Waals surface area contributed by atoms with Crippen molar-refractivity contribution in [1.29, 1.82) is 0 Å². The molecule has 0 spiro atoms. The van der Waals surface area contributed by atoms with Gasteiger partial charge in [-0.3, -0.25) is 0 Å². The quantitative estimate of drug-likeness (QED) is 0.517. The van der Waals surface area contributed by atoms with Crippen LogP contribution in [0.1, 0.15) is 0 Å². The van der Waals surface area contributed by atoms with Gasteiger partial charge in [0, 0.05) is 0 Å². The third-order valence-electron chi connectivity index (χ3n) is 0.438. The summed E-state index contributed by atoms with van der Waals surface area (Å²) in [6.45, 7) is 0. The van der Waals surface area contributed by atoms with Gasteiger partial charge in [-0.25, -0.2) is 4.76 Å². The number of nitrogens with zero attached hydrogens (tertiary/aromatic N) is 1. The van der Waals surface area contributed by atoms with E-state index >= 15 is 0 Å². The minimum atomic E-state index is -4.73. The molecule has 0 heterocycles. The zero-order chi connectivity index (χ0) is 9.28. The van der Waals surface area contributed by atoms with Gasteiger partial charge in [0.25, 0.3) is 0 Å². The summed E-state index contributed by atoms with van der Waals surface area (Å²) in [5.74, 6) is 0. The Morgan fingerprint density at radius 2 is 1.73 bits per heavy atom. The highest BCUT2D eigenvalue weighted by Gasteiger charge is 2.35. The maximum atomic E-state index is 11.6. The molecule has 11 heavy (non-hydrogen) atoms. The second-order valence-electron chi connectivity index (χ2n) is 1.32. The third-order valence-corrected chi connectivity index (χ3v) is 1.99. The SMILES string of the molecule is FC(F)(F)C(Cl)=NP(=S)(Cl)Cl. The number of rotatable bonds is 1. The second kappa shape index (κ2) is 3.79. The van der Waals surface area contributed by atoms with Crippen molar-refractivity contribution in [2.75, 3.05) is 0 Å². The van der Waals surface area contributed by atoms with E-state index in [4.69, 9.17) is 22.5 Å². The number of halogens is 6. The molecule has 0 aromatic heterocycles. The van der Waals surface area contributed by atoms with Gasteiger partial charge in [-0.05, 0) is 34.3 Å². The van der Waals surface area contributed by atoms with Gasteiger partial charge in [0.15, 0.2) is 0 Å². The lowest BCUT2D eigenvalue weighted by Gasteiger charge is -2.03. The fraction of sp³-hybridized carbons (Fsp3) is 0.500. The summed E-state index contributed by atoms with van der Waals surface area (Å²) >= 11 is 19.0. The van der Waals surface area contributed by atoms with Crippen LogP contribution in [0.4, 0.5) is 13.2 Å². The first-order valence-electron chi connectivity index (χ1n) is 1.95. The second-order valence-corrected chi connectivity index (χ2v) is 8.99. The number of alkyl halides is 3. The smallest absolute Gasteiger partial charge is 0.206 e. The molecule has 0 radical (unpaired) electrons. The molecule has 0 saturated carbocycles. The first-order chi connectivity index (χ1) is 4.63. The van der Waals surface area contributed by atoms with Crippen molar-refractivity contribution in [2.24, 2.45) is 4.76 Å². The molecule has 0 unspecified atom stereocenters. The Balaban J connectivity index is 4.63. The van der Waals surface area contributed by atoms with Gasteiger partial charge in [-0.2, -0.15) is 13.2 Å². The number of hydrogen-bond donors (Lipinski definition) is 0. The average molecular weight is 264 g/mol. The molecule has 0 rings (SSSR count). The van der Waals surface area contributed by atoms with Crippen molar-refractivity contribution < 1.29 is 13.2 Å². The molecule has 66 valence electrons. The molecule has 0 aliphatic rings. The van der Waals surface area contributed by atoms with Crippen molar-refractivity contribution in [3.63, 3.8) is 0 Å². The molecule has 0 amide bonds. The summed E-state index contributed by atoms with van der Waals surface area (Å²) in [5.41, 5.74) is 0. The molecular weight excluding hydrogens is 264 g/mol. The Morgan fingerprint density at radius 3 is 1.82 bits per heavy atom. The van der Waals surface area contributed by atoms with Crippen molar-refractivity contribution in [3.05, 3.63) is 0 Å². The van der Waals surface area contributed by atoms with Gasteiger partial charge in [0.05, 0.1) is 0 Å². The van der Waals surface area contributed by atoms with E-state index in [0.717, 1.165) is 0 Å². The molecule has 0 fully saturated rings. The Kier molecular flexibility index (Phi) is 4.13. The highest BCUT2D eigenvalue weighted by atomic mass is 35.9. The maximum Gasteiger partial charge on any atom is 0.444 e. The van der Waals surface area contributed by atoms with Gasteiger partial charge >= 0.3 is 6.18 Å². The fourth-order valence-corrected chi connectivity index (χ4v) is 1.88. The zero-order valence-electron chi connectivity index (χ0n) is 4.57. The predicted molar refractivity (Wildman–Crippen MR) is 45.3 cm³/mol. The van der Waals surface area contributed by atoms with Gasteiger partial charge < -0.3 is 0 Å². The van der Waals surface area contributed by atoms with E-state index in [9.17, 15) is 13.2 Å². The Bertz CT molecular complexity index is 219. The lowest BCUT2D eigenvalue weighted by molar-refractivity contribution is -0.0556. The normalized spacial score (nSPS) is 15.3. The summed E-state index contributed by atoms with van der Waals surface area (Å²) in [4.78, 5) is -3.30. The first-order valence-corrected chi connectivity index (χ1v) is 6.89. The maximum absolute atomic E-state index is 11.6. The molecule has 0 atom stereocenters. The molecule has 1 nitrogen and oxygen atoms in total. The van der Waals surface area contributed by atoms with Crippen molar-refractivity contribution in [1.82, 2.24) is 0 Å². The van der Waals surface area contributed by atoms with E-state index in [1.807, 2.05) is 0 Å². The highest BCUT2D eigenvalue weighted by molar-refractivity contribution is 8.38. The highest BCUT2D eigenvalue weighted by Crippen LogP contribution is 2.59. The molecule has 0 saturated heterocycles. The third kappa shape index (κ3) is 6.17. The van der Waals surface area contributed by atoms with Crippen LogP contribution in [0.25, 0.3) is 0 Å². The largest absolute Gasteiger partial charge is 0.444 e. The van der Waals surface area contributed by atoms with Crippen LogP contribution in [0.5, 0.6) is 0 Å².